The van der Waals surface area contributed by atoms with Crippen molar-refractivity contribution in [2.75, 3.05) is 7.11 Å². The van der Waals surface area contributed by atoms with Crippen LogP contribution in [0.25, 0.3) is 6.08 Å². The van der Waals surface area contributed by atoms with Gasteiger partial charge in [-0.15, -0.1) is 0 Å². The first-order valence-corrected chi connectivity index (χ1v) is 19.8. The molecular formula is C22H40O5Si3. The molecule has 0 spiro atoms. The fourth-order valence-electron chi connectivity index (χ4n) is 3.22. The lowest BCUT2D eigenvalue weighted by molar-refractivity contribution is -0.141. The zero-order chi connectivity index (χ0) is 23.2. The number of benzene rings is 1. The predicted molar refractivity (Wildman–Crippen MR) is 132 cm³/mol. The number of rotatable bonds is 11. The molecule has 5 nitrogen and oxygen atoms in total. The second-order valence-corrected chi connectivity index (χ2v) is 22.9. The molecule has 0 saturated heterocycles. The van der Waals surface area contributed by atoms with Crippen LogP contribution in [0.15, 0.2) is 30.3 Å². The van der Waals surface area contributed by atoms with E-state index in [4.69, 9.17) is 17.7 Å². The summed E-state index contributed by atoms with van der Waals surface area (Å²) in [7, 11) is -4.94. The number of esters is 1. The average molecular weight is 469 g/mol. The maximum atomic E-state index is 12.7. The molecule has 0 aliphatic rings. The fraction of sp³-hybridized carbons (Fsp3) is 0.591. The minimum Gasteiger partial charge on any atom is -0.497 e. The van der Waals surface area contributed by atoms with Gasteiger partial charge in [-0.3, -0.25) is 0 Å². The molecule has 0 aromatic heterocycles. The van der Waals surface area contributed by atoms with Crippen molar-refractivity contribution in [3.05, 3.63) is 35.9 Å². The summed E-state index contributed by atoms with van der Waals surface area (Å²) in [5, 5.41) is 0. The van der Waals surface area contributed by atoms with Gasteiger partial charge in [0.15, 0.2) is 16.6 Å². The Labute approximate surface area is 186 Å². The van der Waals surface area contributed by atoms with Crippen LogP contribution in [0.5, 0.6) is 5.75 Å². The smallest absolute Gasteiger partial charge is 0.356 e. The minimum absolute atomic E-state index is 0.357. The molecule has 1 atom stereocenters. The molecule has 170 valence electrons. The standard InChI is InChI=1S/C22H40O5Si3/c1-18(2)17-22(30(10,26-28(4,5)6)27-29(7,8)9)25-21(23)16-13-19-11-14-20(24-3)15-12-19/h11-16,18,22H,17H2,1-10H3. The number of hydrogen-bond acceptors (Lipinski definition) is 5. The van der Waals surface area contributed by atoms with E-state index >= 15 is 0 Å². The van der Waals surface area contributed by atoms with Crippen molar-refractivity contribution in [3.8, 4) is 5.75 Å². The summed E-state index contributed by atoms with van der Waals surface area (Å²) in [4.78, 5) is 12.7. The zero-order valence-corrected chi connectivity index (χ0v) is 23.4. The van der Waals surface area contributed by atoms with E-state index in [1.54, 1.807) is 13.2 Å². The van der Waals surface area contributed by atoms with Crippen molar-refractivity contribution < 1.29 is 22.5 Å². The Bertz CT molecular complexity index is 687. The molecule has 0 saturated carbocycles. The van der Waals surface area contributed by atoms with Gasteiger partial charge in [0, 0.05) is 6.08 Å². The van der Waals surface area contributed by atoms with Crippen LogP contribution in [-0.2, 0) is 17.8 Å². The molecule has 0 amide bonds. The van der Waals surface area contributed by atoms with E-state index in [0.717, 1.165) is 17.7 Å². The van der Waals surface area contributed by atoms with Crippen molar-refractivity contribution in [1.29, 1.82) is 0 Å². The lowest BCUT2D eigenvalue weighted by Gasteiger charge is -2.42. The van der Waals surface area contributed by atoms with Gasteiger partial charge in [0.25, 0.3) is 0 Å². The average Bonchev–Trinajstić information content (AvgIpc) is 2.56. The van der Waals surface area contributed by atoms with E-state index in [0.29, 0.717) is 5.92 Å². The van der Waals surface area contributed by atoms with Gasteiger partial charge in [-0.05, 0) is 81.9 Å². The van der Waals surface area contributed by atoms with Gasteiger partial charge >= 0.3 is 14.5 Å². The molecule has 0 bridgehead atoms. The van der Waals surface area contributed by atoms with Crippen molar-refractivity contribution in [1.82, 2.24) is 0 Å². The number of methoxy groups -OCH3 is 1. The third-order valence-electron chi connectivity index (χ3n) is 4.07. The van der Waals surface area contributed by atoms with Crippen LogP contribution in [0.2, 0.25) is 45.8 Å². The molecule has 0 heterocycles. The van der Waals surface area contributed by atoms with Gasteiger partial charge in [0.05, 0.1) is 7.11 Å². The Morgan fingerprint density at radius 1 is 0.933 bits per heavy atom. The third kappa shape index (κ3) is 10.2. The summed E-state index contributed by atoms with van der Waals surface area (Å²) in [5.74, 6) is 0.768. The second kappa shape index (κ2) is 10.9. The van der Waals surface area contributed by atoms with E-state index in [1.807, 2.05) is 24.3 Å². The Balaban J connectivity index is 3.08. The molecule has 0 radical (unpaired) electrons. The van der Waals surface area contributed by atoms with Crippen molar-refractivity contribution in [2.24, 2.45) is 5.92 Å². The molecule has 0 fully saturated rings. The maximum Gasteiger partial charge on any atom is 0.356 e. The van der Waals surface area contributed by atoms with Gasteiger partial charge in [0.2, 0.25) is 0 Å². The lowest BCUT2D eigenvalue weighted by Crippen LogP contribution is -2.61. The number of hydrogen-bond donors (Lipinski definition) is 0. The highest BCUT2D eigenvalue weighted by Crippen LogP contribution is 2.29. The molecule has 1 aromatic rings. The first-order chi connectivity index (χ1) is 13.6. The fourth-order valence-corrected chi connectivity index (χ4v) is 15.8. The van der Waals surface area contributed by atoms with Gasteiger partial charge < -0.3 is 17.7 Å². The van der Waals surface area contributed by atoms with Crippen LogP contribution < -0.4 is 4.74 Å². The van der Waals surface area contributed by atoms with Crippen LogP contribution in [0.4, 0.5) is 0 Å². The summed E-state index contributed by atoms with van der Waals surface area (Å²) >= 11 is 0. The molecule has 8 heteroatoms. The first-order valence-electron chi connectivity index (χ1n) is 10.6. The molecule has 0 aliphatic heterocycles. The van der Waals surface area contributed by atoms with Gasteiger partial charge in [-0.2, -0.15) is 0 Å². The van der Waals surface area contributed by atoms with E-state index in [9.17, 15) is 4.79 Å². The van der Waals surface area contributed by atoms with E-state index in [1.165, 1.54) is 6.08 Å². The van der Waals surface area contributed by atoms with Gasteiger partial charge in [-0.1, -0.05) is 26.0 Å². The molecular weight excluding hydrogens is 428 g/mol. The van der Waals surface area contributed by atoms with Crippen LogP contribution in [0.1, 0.15) is 25.8 Å². The zero-order valence-electron chi connectivity index (χ0n) is 20.4. The van der Waals surface area contributed by atoms with Crippen molar-refractivity contribution >= 4 is 37.2 Å². The molecule has 1 unspecified atom stereocenters. The summed E-state index contributed by atoms with van der Waals surface area (Å²) in [6.07, 6.45) is 3.96. The summed E-state index contributed by atoms with van der Waals surface area (Å²) in [6.45, 7) is 19.3. The Hall–Kier alpha value is -1.20. The van der Waals surface area contributed by atoms with Crippen LogP contribution >= 0.6 is 0 Å². The Morgan fingerprint density at radius 3 is 1.83 bits per heavy atom. The highest BCUT2D eigenvalue weighted by Gasteiger charge is 2.49. The monoisotopic (exact) mass is 468 g/mol. The number of ether oxygens (including phenoxy) is 2. The van der Waals surface area contributed by atoms with Crippen molar-refractivity contribution in [2.45, 2.75) is 71.8 Å². The van der Waals surface area contributed by atoms with E-state index in [2.05, 4.69) is 59.7 Å². The highest BCUT2D eigenvalue weighted by atomic mass is 28.5. The van der Waals surface area contributed by atoms with Gasteiger partial charge in [-0.25, -0.2) is 4.79 Å². The maximum absolute atomic E-state index is 12.7. The summed E-state index contributed by atoms with van der Waals surface area (Å²) in [6, 6.07) is 7.52. The van der Waals surface area contributed by atoms with Crippen LogP contribution in [0, 0.1) is 5.92 Å². The molecule has 0 N–H and O–H groups in total. The quantitative estimate of drug-likeness (QED) is 0.227. The number of carbonyl (C=O) groups excluding carboxylic acids is 1. The van der Waals surface area contributed by atoms with Crippen molar-refractivity contribution in [3.63, 3.8) is 0 Å². The molecule has 0 aliphatic carbocycles. The summed E-state index contributed by atoms with van der Waals surface area (Å²) < 4.78 is 24.4. The number of carbonyl (C=O) groups is 1. The predicted octanol–water partition coefficient (Wildman–Crippen LogP) is 5.98. The molecule has 30 heavy (non-hydrogen) atoms. The third-order valence-corrected chi connectivity index (χ3v) is 13.7. The molecule has 1 rings (SSSR count). The van der Waals surface area contributed by atoms with Crippen LogP contribution in [-0.4, -0.2) is 44.0 Å². The first kappa shape index (κ1) is 26.8. The summed E-state index contributed by atoms with van der Waals surface area (Å²) in [5.41, 5.74) is 0.550. The topological polar surface area (TPSA) is 54.0 Å². The lowest BCUT2D eigenvalue weighted by atomic mass is 10.1. The second-order valence-electron chi connectivity index (χ2n) is 10.1. The Morgan fingerprint density at radius 2 is 1.43 bits per heavy atom. The van der Waals surface area contributed by atoms with Gasteiger partial charge in [0.1, 0.15) is 11.5 Å². The molecule has 1 aromatic carbocycles. The van der Waals surface area contributed by atoms with E-state index < -0.39 is 25.2 Å². The minimum atomic E-state index is -2.77. The highest BCUT2D eigenvalue weighted by molar-refractivity contribution is 6.88. The SMILES string of the molecule is COc1ccc(C=CC(=O)OC(CC(C)C)[Si](C)(O[Si](C)(C)C)O[Si](C)(C)C)cc1. The largest absolute Gasteiger partial charge is 0.497 e. The van der Waals surface area contributed by atoms with Crippen LogP contribution in [0.3, 0.4) is 0 Å². The Kier molecular flexibility index (Phi) is 9.75. The normalized spacial score (nSPS) is 14.2. The van der Waals surface area contributed by atoms with E-state index in [-0.39, 0.29) is 11.7 Å².